The Morgan fingerprint density at radius 1 is 0.395 bits per heavy atom. The van der Waals surface area contributed by atoms with Crippen LogP contribution in [0, 0.1) is 20.8 Å². The first kappa shape index (κ1) is 54.2. The predicted octanol–water partition coefficient (Wildman–Crippen LogP) is 10.5. The number of nitrogens with one attached hydrogen (secondary N) is 1. The van der Waals surface area contributed by atoms with Crippen molar-refractivity contribution in [2.75, 3.05) is 132 Å². The van der Waals surface area contributed by atoms with Gasteiger partial charge in [-0.1, -0.05) is 78.4 Å². The molecule has 14 heteroatoms. The van der Waals surface area contributed by atoms with Gasteiger partial charge in [0.15, 0.2) is 23.0 Å². The Hall–Kier alpha value is -6.59. The van der Waals surface area contributed by atoms with E-state index in [9.17, 15) is 0 Å². The number of aliphatic imine (C=N–C) groups is 1. The highest BCUT2D eigenvalue weighted by Gasteiger charge is 2.23. The van der Waals surface area contributed by atoms with Gasteiger partial charge in [0.25, 0.3) is 0 Å². The van der Waals surface area contributed by atoms with Crippen molar-refractivity contribution in [1.82, 2.24) is 4.98 Å². The van der Waals surface area contributed by atoms with Crippen LogP contribution in [0.3, 0.4) is 0 Å². The Kier molecular flexibility index (Phi) is 20.3. The van der Waals surface area contributed by atoms with Gasteiger partial charge in [-0.25, -0.2) is 0 Å². The lowest BCUT2D eigenvalue weighted by molar-refractivity contribution is -0.00841. The maximum Gasteiger partial charge on any atom is 0.161 e. The van der Waals surface area contributed by atoms with E-state index in [2.05, 4.69) is 117 Å². The van der Waals surface area contributed by atoms with Crippen molar-refractivity contribution in [3.63, 3.8) is 0 Å². The summed E-state index contributed by atoms with van der Waals surface area (Å²) in [7, 11) is 0. The molecule has 0 unspecified atom stereocenters. The number of benzene rings is 5. The van der Waals surface area contributed by atoms with Gasteiger partial charge < -0.3 is 61.8 Å². The molecular formula is C62H70N2O12. The molecule has 4 heterocycles. The number of allylic oxidation sites excluding steroid dienone is 2. The molecule has 400 valence electrons. The van der Waals surface area contributed by atoms with Crippen molar-refractivity contribution in [3.8, 4) is 56.4 Å². The van der Waals surface area contributed by atoms with Crippen LogP contribution in [0.1, 0.15) is 33.5 Å². The molecule has 0 saturated heterocycles. The minimum Gasteiger partial charge on any atom is -0.487 e. The molecule has 0 amide bonds. The molecule has 0 fully saturated rings. The van der Waals surface area contributed by atoms with Crippen LogP contribution in [0.2, 0.25) is 0 Å². The van der Waals surface area contributed by atoms with Gasteiger partial charge >= 0.3 is 0 Å². The van der Waals surface area contributed by atoms with Crippen LogP contribution in [-0.2, 0) is 37.9 Å². The molecule has 0 aliphatic carbocycles. The fraction of sp³-hybridized carbons (Fsp3) is 0.371. The normalized spacial score (nSPS) is 18.1. The molecule has 14 nitrogen and oxygen atoms in total. The predicted molar refractivity (Wildman–Crippen MR) is 295 cm³/mol. The Morgan fingerprint density at radius 2 is 0.776 bits per heavy atom. The first-order chi connectivity index (χ1) is 37.5. The van der Waals surface area contributed by atoms with E-state index in [-0.39, 0.29) is 0 Å². The summed E-state index contributed by atoms with van der Waals surface area (Å²) in [5.41, 5.74) is 15.7. The topological polar surface area (TPSA) is 139 Å². The van der Waals surface area contributed by atoms with Crippen LogP contribution in [0.4, 0.5) is 0 Å². The van der Waals surface area contributed by atoms with Gasteiger partial charge in [0.1, 0.15) is 26.4 Å². The molecule has 0 spiro atoms. The minimum atomic E-state index is 0.346. The zero-order valence-electron chi connectivity index (χ0n) is 44.0. The zero-order valence-corrected chi connectivity index (χ0v) is 44.0. The van der Waals surface area contributed by atoms with Gasteiger partial charge in [-0.05, 0) is 107 Å². The molecule has 5 aromatic carbocycles. The molecule has 3 aliphatic heterocycles. The third kappa shape index (κ3) is 14.9. The maximum absolute atomic E-state index is 6.34. The third-order valence-corrected chi connectivity index (χ3v) is 12.9. The van der Waals surface area contributed by atoms with E-state index in [1.54, 1.807) is 0 Å². The summed E-state index contributed by atoms with van der Waals surface area (Å²) >= 11 is 0. The number of H-pyrrole nitrogens is 1. The van der Waals surface area contributed by atoms with Crippen molar-refractivity contribution in [1.29, 1.82) is 0 Å². The number of rotatable bonds is 6. The standard InChI is InChI=1S/C62H70N2O12/c1-44-36-45(2)61(46(3)37-44)62(55-38-49(42-63-55)53-10-6-4-8-51(53)47-12-14-57-59(40-47)75-34-30-71-26-22-67-18-16-65-20-24-69-28-32-73-57)56-39-50(43-64-56)54-11-7-5-9-52(54)48-13-15-58-60(41-48)76-35-31-72-27-23-68-19-17-66-21-25-70-29-33-74-58/h4-15,36-43,63H,16-35H2,1-3H3/b62-56+. The number of aromatic nitrogens is 1. The largest absolute Gasteiger partial charge is 0.487 e. The lowest BCUT2D eigenvalue weighted by Crippen LogP contribution is -2.16. The fourth-order valence-corrected chi connectivity index (χ4v) is 9.47. The van der Waals surface area contributed by atoms with E-state index >= 15 is 0 Å². The van der Waals surface area contributed by atoms with E-state index in [1.165, 1.54) is 16.7 Å². The summed E-state index contributed by atoms with van der Waals surface area (Å²) in [4.78, 5) is 8.91. The van der Waals surface area contributed by atoms with E-state index in [4.69, 9.17) is 61.8 Å². The maximum atomic E-state index is 6.34. The summed E-state index contributed by atoms with van der Waals surface area (Å²) in [5.74, 6) is 2.52. The van der Waals surface area contributed by atoms with Gasteiger partial charge in [0.2, 0.25) is 0 Å². The lowest BCUT2D eigenvalue weighted by atomic mass is 9.89. The number of aromatic amines is 1. The molecule has 6 aromatic rings. The molecule has 0 radical (unpaired) electrons. The van der Waals surface area contributed by atoms with Crippen LogP contribution in [0.5, 0.6) is 23.0 Å². The van der Waals surface area contributed by atoms with Gasteiger partial charge in [-0.3, -0.25) is 4.99 Å². The minimum absolute atomic E-state index is 0.346. The van der Waals surface area contributed by atoms with Gasteiger partial charge in [-0.15, -0.1) is 0 Å². The first-order valence-electron chi connectivity index (χ1n) is 26.4. The quantitative estimate of drug-likeness (QED) is 0.170. The Balaban J connectivity index is 1.02. The van der Waals surface area contributed by atoms with Crippen molar-refractivity contribution >= 4 is 17.4 Å². The molecular weight excluding hydrogens is 965 g/mol. The van der Waals surface area contributed by atoms with Crippen LogP contribution in [-0.4, -0.2) is 143 Å². The summed E-state index contributed by atoms with van der Waals surface area (Å²) in [6, 6.07) is 35.7. The molecule has 9 rings (SSSR count). The molecule has 0 atom stereocenters. The number of aryl methyl sites for hydroxylation is 3. The van der Waals surface area contributed by atoms with Crippen LogP contribution >= 0.6 is 0 Å². The second-order valence-corrected chi connectivity index (χ2v) is 18.4. The van der Waals surface area contributed by atoms with Crippen molar-refractivity contribution < 1.29 is 56.8 Å². The van der Waals surface area contributed by atoms with Gasteiger partial charge in [0.05, 0.1) is 111 Å². The van der Waals surface area contributed by atoms with Crippen LogP contribution in [0.15, 0.2) is 126 Å². The van der Waals surface area contributed by atoms with Crippen LogP contribution in [0.25, 0.3) is 44.5 Å². The highest BCUT2D eigenvalue weighted by molar-refractivity contribution is 6.16. The lowest BCUT2D eigenvalue weighted by Gasteiger charge is -2.17. The van der Waals surface area contributed by atoms with Crippen molar-refractivity contribution in [2.45, 2.75) is 20.8 Å². The van der Waals surface area contributed by atoms with E-state index < -0.39 is 0 Å². The monoisotopic (exact) mass is 1030 g/mol. The second-order valence-electron chi connectivity index (χ2n) is 18.4. The third-order valence-electron chi connectivity index (χ3n) is 12.9. The number of nitrogens with zero attached hydrogens (tertiary/aromatic N) is 1. The highest BCUT2D eigenvalue weighted by atomic mass is 16.6. The highest BCUT2D eigenvalue weighted by Crippen LogP contribution is 2.42. The number of ether oxygens (including phenoxy) is 12. The number of hydrogen-bond acceptors (Lipinski definition) is 13. The van der Waals surface area contributed by atoms with E-state index in [0.717, 1.165) is 67.0 Å². The zero-order chi connectivity index (χ0) is 52.2. The molecule has 0 saturated carbocycles. The van der Waals surface area contributed by atoms with Crippen LogP contribution < -0.4 is 18.9 Å². The van der Waals surface area contributed by atoms with Gasteiger partial charge in [-0.2, -0.15) is 0 Å². The smallest absolute Gasteiger partial charge is 0.161 e. The summed E-state index contributed by atoms with van der Waals surface area (Å²) < 4.78 is 70.7. The molecule has 3 aliphatic rings. The molecule has 1 N–H and O–H groups in total. The Morgan fingerprint density at radius 3 is 1.22 bits per heavy atom. The summed E-state index contributed by atoms with van der Waals surface area (Å²) in [6.45, 7) is 15.4. The molecule has 76 heavy (non-hydrogen) atoms. The Bertz CT molecular complexity index is 2900. The molecule has 1 aromatic heterocycles. The van der Waals surface area contributed by atoms with E-state index in [0.29, 0.717) is 155 Å². The molecule has 0 bridgehead atoms. The number of fused-ring (bicyclic) bond motifs is 2. The summed E-state index contributed by atoms with van der Waals surface area (Å²) in [5, 5.41) is 0. The Labute approximate surface area is 446 Å². The van der Waals surface area contributed by atoms with Crippen molar-refractivity contribution in [3.05, 3.63) is 155 Å². The first-order valence-corrected chi connectivity index (χ1v) is 26.4. The van der Waals surface area contributed by atoms with Gasteiger partial charge in [0, 0.05) is 34.8 Å². The average Bonchev–Trinajstić information content (AvgIpc) is 4.13. The number of hydrogen-bond donors (Lipinski definition) is 1. The second kappa shape index (κ2) is 28.5. The average molecular weight is 1040 g/mol. The fourth-order valence-electron chi connectivity index (χ4n) is 9.47. The van der Waals surface area contributed by atoms with Crippen molar-refractivity contribution in [2.24, 2.45) is 4.99 Å². The van der Waals surface area contributed by atoms with E-state index in [1.807, 2.05) is 30.5 Å². The SMILES string of the molecule is Cc1cc(C)c(/C(=C2\C=C(c3ccccc3-c3ccc4c(c3)OCCOCCOCCOCCOCCO4)C=N2)c2cc(-c3ccccc3-c3ccc4c(c3)OCCOCCOCCOCCOCCO4)c[nH]2)c(C)c1. The summed E-state index contributed by atoms with van der Waals surface area (Å²) in [6.07, 6.45) is 6.26.